The maximum absolute atomic E-state index is 12.6. The Morgan fingerprint density at radius 3 is 2.81 bits per heavy atom. The van der Waals surface area contributed by atoms with Gasteiger partial charge in [0.15, 0.2) is 5.16 Å². The van der Waals surface area contributed by atoms with Crippen LogP contribution in [0.3, 0.4) is 0 Å². The van der Waals surface area contributed by atoms with E-state index in [-0.39, 0.29) is 11.9 Å². The summed E-state index contributed by atoms with van der Waals surface area (Å²) >= 11 is 3.08. The zero-order chi connectivity index (χ0) is 18.9. The van der Waals surface area contributed by atoms with Crippen LogP contribution in [0.1, 0.15) is 42.7 Å². The quantitative estimate of drug-likeness (QED) is 0.401. The first kappa shape index (κ1) is 19.6. The van der Waals surface area contributed by atoms with Gasteiger partial charge in [-0.3, -0.25) is 4.79 Å². The number of nitrogens with one attached hydrogen (secondary N) is 1. The van der Waals surface area contributed by atoms with E-state index < -0.39 is 0 Å². The summed E-state index contributed by atoms with van der Waals surface area (Å²) in [7, 11) is 0. The summed E-state index contributed by atoms with van der Waals surface area (Å²) in [6.45, 7) is 3.08. The van der Waals surface area contributed by atoms with Crippen molar-refractivity contribution >= 4 is 29.0 Å². The van der Waals surface area contributed by atoms with E-state index in [2.05, 4.69) is 28.5 Å². The van der Waals surface area contributed by atoms with Crippen molar-refractivity contribution in [1.82, 2.24) is 20.1 Å². The Bertz CT molecular complexity index is 818. The van der Waals surface area contributed by atoms with Gasteiger partial charge in [-0.1, -0.05) is 67.9 Å². The van der Waals surface area contributed by atoms with Gasteiger partial charge in [0.1, 0.15) is 6.33 Å². The normalized spacial score (nSPS) is 12.0. The van der Waals surface area contributed by atoms with Crippen molar-refractivity contribution in [2.45, 2.75) is 43.9 Å². The highest BCUT2D eigenvalue weighted by Gasteiger charge is 2.18. The van der Waals surface area contributed by atoms with Crippen LogP contribution in [0.25, 0.3) is 0 Å². The molecule has 0 saturated heterocycles. The summed E-state index contributed by atoms with van der Waals surface area (Å²) in [4.78, 5) is 13.7. The first-order valence-electron chi connectivity index (χ1n) is 9.16. The highest BCUT2D eigenvalue weighted by molar-refractivity contribution is 7.99. The fraction of sp³-hybridized carbons (Fsp3) is 0.350. The topological polar surface area (TPSA) is 59.8 Å². The first-order chi connectivity index (χ1) is 13.3. The van der Waals surface area contributed by atoms with Gasteiger partial charge < -0.3 is 9.88 Å². The van der Waals surface area contributed by atoms with E-state index in [0.29, 0.717) is 5.75 Å². The monoisotopic (exact) mass is 400 g/mol. The van der Waals surface area contributed by atoms with Gasteiger partial charge in [0.25, 0.3) is 0 Å². The fourth-order valence-corrected chi connectivity index (χ4v) is 4.35. The number of hydrogen-bond donors (Lipinski definition) is 1. The Morgan fingerprint density at radius 2 is 2.07 bits per heavy atom. The third-order valence-corrected chi connectivity index (χ3v) is 6.10. The predicted octanol–water partition coefficient (Wildman–Crippen LogP) is 4.53. The van der Waals surface area contributed by atoms with Crippen molar-refractivity contribution in [1.29, 1.82) is 0 Å². The lowest BCUT2D eigenvalue weighted by molar-refractivity contribution is -0.119. The molecule has 7 heteroatoms. The molecule has 1 amide bonds. The number of nitrogens with zero attached hydrogens (tertiary/aromatic N) is 3. The molecule has 5 nitrogen and oxygen atoms in total. The second kappa shape index (κ2) is 10.3. The average molecular weight is 401 g/mol. The zero-order valence-corrected chi connectivity index (χ0v) is 17.0. The number of aromatic nitrogens is 3. The number of unbranched alkanes of at least 4 members (excludes halogenated alkanes) is 2. The summed E-state index contributed by atoms with van der Waals surface area (Å²) in [5, 5.41) is 14.1. The Morgan fingerprint density at radius 1 is 1.22 bits per heavy atom. The molecule has 2 aromatic heterocycles. The van der Waals surface area contributed by atoms with Crippen molar-refractivity contribution < 1.29 is 4.79 Å². The highest BCUT2D eigenvalue weighted by atomic mass is 32.2. The minimum absolute atomic E-state index is 0.00892. The van der Waals surface area contributed by atoms with Gasteiger partial charge in [0.2, 0.25) is 5.91 Å². The van der Waals surface area contributed by atoms with Crippen LogP contribution in [0.5, 0.6) is 0 Å². The van der Waals surface area contributed by atoms with Crippen LogP contribution in [0, 0.1) is 0 Å². The molecule has 0 unspecified atom stereocenters. The number of hydrogen-bond acceptors (Lipinski definition) is 5. The molecule has 0 radical (unpaired) electrons. The van der Waals surface area contributed by atoms with Gasteiger partial charge in [-0.05, 0) is 23.4 Å². The fourth-order valence-electron chi connectivity index (χ4n) is 2.79. The highest BCUT2D eigenvalue weighted by Crippen LogP contribution is 2.26. The SMILES string of the molecule is CCCCCn1cnnc1SCC(=O)N[C@H](c1ccccc1)c1cccs1. The van der Waals surface area contributed by atoms with E-state index in [1.165, 1.54) is 24.6 Å². The second-order valence-corrected chi connectivity index (χ2v) is 8.15. The molecule has 0 aliphatic heterocycles. The van der Waals surface area contributed by atoms with Gasteiger partial charge in [-0.15, -0.1) is 21.5 Å². The molecule has 3 aromatic rings. The number of benzene rings is 1. The Kier molecular flexibility index (Phi) is 7.47. The average Bonchev–Trinajstić information content (AvgIpc) is 3.37. The molecule has 2 heterocycles. The molecule has 1 atom stereocenters. The van der Waals surface area contributed by atoms with E-state index in [9.17, 15) is 4.79 Å². The molecule has 0 aliphatic rings. The maximum Gasteiger partial charge on any atom is 0.231 e. The third kappa shape index (κ3) is 5.68. The van der Waals surface area contributed by atoms with E-state index in [4.69, 9.17) is 0 Å². The molecule has 0 saturated carbocycles. The third-order valence-electron chi connectivity index (χ3n) is 4.18. The van der Waals surface area contributed by atoms with Crippen molar-refractivity contribution in [2.75, 3.05) is 5.75 Å². The van der Waals surface area contributed by atoms with E-state index in [0.717, 1.165) is 28.6 Å². The first-order valence-corrected chi connectivity index (χ1v) is 11.0. The maximum atomic E-state index is 12.6. The number of carbonyl (C=O) groups excluding carboxylic acids is 1. The van der Waals surface area contributed by atoms with Crippen molar-refractivity contribution in [2.24, 2.45) is 0 Å². The molecule has 1 N–H and O–H groups in total. The Labute approximate surface area is 168 Å². The van der Waals surface area contributed by atoms with Crippen LogP contribution in [-0.4, -0.2) is 26.4 Å². The molecule has 0 aliphatic carbocycles. The molecule has 0 bridgehead atoms. The van der Waals surface area contributed by atoms with Gasteiger partial charge >= 0.3 is 0 Å². The van der Waals surface area contributed by atoms with Gasteiger partial charge in [0, 0.05) is 11.4 Å². The molecule has 142 valence electrons. The lowest BCUT2D eigenvalue weighted by Gasteiger charge is -2.18. The van der Waals surface area contributed by atoms with Crippen molar-refractivity contribution in [3.8, 4) is 0 Å². The number of carbonyl (C=O) groups is 1. The van der Waals surface area contributed by atoms with E-state index >= 15 is 0 Å². The summed E-state index contributed by atoms with van der Waals surface area (Å²) in [5.41, 5.74) is 1.08. The molecule has 0 spiro atoms. The predicted molar refractivity (Wildman–Crippen MR) is 111 cm³/mol. The number of amides is 1. The van der Waals surface area contributed by atoms with Gasteiger partial charge in [0.05, 0.1) is 11.8 Å². The molecule has 1 aromatic carbocycles. The largest absolute Gasteiger partial charge is 0.344 e. The van der Waals surface area contributed by atoms with Crippen LogP contribution in [0.15, 0.2) is 59.3 Å². The lowest BCUT2D eigenvalue weighted by Crippen LogP contribution is -2.30. The lowest BCUT2D eigenvalue weighted by atomic mass is 10.1. The smallest absolute Gasteiger partial charge is 0.231 e. The molecule has 3 rings (SSSR count). The van der Waals surface area contributed by atoms with Crippen molar-refractivity contribution in [3.05, 3.63) is 64.6 Å². The summed E-state index contributed by atoms with van der Waals surface area (Å²) in [6, 6.07) is 14.0. The van der Waals surface area contributed by atoms with Crippen LogP contribution in [0.4, 0.5) is 0 Å². The summed E-state index contributed by atoms with van der Waals surface area (Å²) in [5.74, 6) is 0.312. The molecular weight excluding hydrogens is 376 g/mol. The van der Waals surface area contributed by atoms with Gasteiger partial charge in [-0.25, -0.2) is 0 Å². The van der Waals surface area contributed by atoms with E-state index in [1.807, 2.05) is 46.3 Å². The molecule has 27 heavy (non-hydrogen) atoms. The second-order valence-electron chi connectivity index (χ2n) is 6.23. The van der Waals surface area contributed by atoms with E-state index in [1.54, 1.807) is 17.7 Å². The van der Waals surface area contributed by atoms with Gasteiger partial charge in [-0.2, -0.15) is 0 Å². The zero-order valence-electron chi connectivity index (χ0n) is 15.4. The molecule has 0 fully saturated rings. The standard InChI is InChI=1S/C20H24N4OS2/c1-2-3-7-12-24-15-21-23-20(24)27-14-18(25)22-19(17-11-8-13-26-17)16-9-5-4-6-10-16/h4-6,8-11,13,15,19H,2-3,7,12,14H2,1H3,(H,22,25)/t19-/m1/s1. The number of aryl methyl sites for hydroxylation is 1. The molecular formula is C20H24N4OS2. The van der Waals surface area contributed by atoms with Crippen molar-refractivity contribution in [3.63, 3.8) is 0 Å². The number of thioether (sulfide) groups is 1. The minimum atomic E-state index is -0.123. The number of rotatable bonds is 10. The summed E-state index contributed by atoms with van der Waals surface area (Å²) in [6.07, 6.45) is 5.20. The Hall–Kier alpha value is -2.12. The minimum Gasteiger partial charge on any atom is -0.344 e. The van der Waals surface area contributed by atoms with Crippen LogP contribution >= 0.6 is 23.1 Å². The van der Waals surface area contributed by atoms with Crippen LogP contribution < -0.4 is 5.32 Å². The Balaban J connectivity index is 1.60. The summed E-state index contributed by atoms with van der Waals surface area (Å²) < 4.78 is 2.03. The van der Waals surface area contributed by atoms with Crippen LogP contribution in [0.2, 0.25) is 0 Å². The van der Waals surface area contributed by atoms with Crippen LogP contribution in [-0.2, 0) is 11.3 Å². The number of thiophene rings is 1.